The molecule has 2 aromatic rings. The lowest BCUT2D eigenvalue weighted by molar-refractivity contribution is -0.385. The molecule has 29 heavy (non-hydrogen) atoms. The minimum atomic E-state index is -0.864. The van der Waals surface area contributed by atoms with E-state index >= 15 is 0 Å². The third-order valence-corrected chi connectivity index (χ3v) is 5.46. The van der Waals surface area contributed by atoms with Crippen LogP contribution in [0.3, 0.4) is 0 Å². The van der Waals surface area contributed by atoms with Gasteiger partial charge in [0.1, 0.15) is 17.9 Å². The summed E-state index contributed by atoms with van der Waals surface area (Å²) >= 11 is 0. The van der Waals surface area contributed by atoms with Crippen LogP contribution in [-0.2, 0) is 10.3 Å². The molecule has 4 rings (SSSR count). The zero-order valence-corrected chi connectivity index (χ0v) is 15.2. The number of hydrogen-bond donors (Lipinski definition) is 1. The normalized spacial score (nSPS) is 16.9. The van der Waals surface area contributed by atoms with Gasteiger partial charge in [-0.05, 0) is 43.0 Å². The summed E-state index contributed by atoms with van der Waals surface area (Å²) < 4.78 is 13.2. The van der Waals surface area contributed by atoms with Gasteiger partial charge in [-0.1, -0.05) is 18.2 Å². The fraction of sp³-hybridized carbons (Fsp3) is 0.250. The summed E-state index contributed by atoms with van der Waals surface area (Å²) in [5.41, 5.74) is -0.779. The minimum absolute atomic E-state index is 0.0890. The summed E-state index contributed by atoms with van der Waals surface area (Å²) in [5.74, 6) is -2.56. The summed E-state index contributed by atoms with van der Waals surface area (Å²) in [6.07, 6.45) is 2.17. The van der Waals surface area contributed by atoms with Gasteiger partial charge in [0.05, 0.1) is 16.0 Å². The Balaban J connectivity index is 1.54. The van der Waals surface area contributed by atoms with E-state index in [2.05, 4.69) is 5.32 Å². The first-order valence-corrected chi connectivity index (χ1v) is 9.03. The summed E-state index contributed by atoms with van der Waals surface area (Å²) in [4.78, 5) is 48.9. The van der Waals surface area contributed by atoms with Crippen molar-refractivity contribution in [3.8, 4) is 0 Å². The number of rotatable bonds is 5. The van der Waals surface area contributed by atoms with Crippen molar-refractivity contribution in [1.82, 2.24) is 10.2 Å². The first-order chi connectivity index (χ1) is 13.8. The van der Waals surface area contributed by atoms with E-state index in [0.717, 1.165) is 18.1 Å². The van der Waals surface area contributed by atoms with Gasteiger partial charge >= 0.3 is 0 Å². The van der Waals surface area contributed by atoms with Gasteiger partial charge in [0.25, 0.3) is 17.5 Å². The summed E-state index contributed by atoms with van der Waals surface area (Å²) in [6, 6.07) is 9.61. The molecule has 3 amide bonds. The molecular formula is C20H16FN3O5. The number of nitrogens with one attached hydrogen (secondary N) is 1. The van der Waals surface area contributed by atoms with Crippen molar-refractivity contribution in [3.63, 3.8) is 0 Å². The van der Waals surface area contributed by atoms with Gasteiger partial charge in [0.15, 0.2) is 0 Å². The largest absolute Gasteiger partial charge is 0.345 e. The number of amides is 3. The highest BCUT2D eigenvalue weighted by atomic mass is 19.1. The molecule has 2 aromatic carbocycles. The molecule has 2 aliphatic rings. The highest BCUT2D eigenvalue weighted by molar-refractivity contribution is 6.24. The highest BCUT2D eigenvalue weighted by Gasteiger charge is 2.44. The van der Waals surface area contributed by atoms with Crippen LogP contribution in [0.25, 0.3) is 0 Å². The first-order valence-electron chi connectivity index (χ1n) is 9.03. The Bertz CT molecular complexity index is 1050. The molecule has 0 atom stereocenters. The molecule has 0 saturated heterocycles. The SMILES string of the molecule is O=C(CN1C(=O)c2cccc([N+](=O)[O-])c2C1=O)NC1(c2ccc(F)cc2)CCC1. The van der Waals surface area contributed by atoms with Crippen molar-refractivity contribution in [1.29, 1.82) is 0 Å². The van der Waals surface area contributed by atoms with E-state index in [-0.39, 0.29) is 16.9 Å². The van der Waals surface area contributed by atoms with Gasteiger partial charge < -0.3 is 5.32 Å². The monoisotopic (exact) mass is 397 g/mol. The lowest BCUT2D eigenvalue weighted by Gasteiger charge is -2.43. The Kier molecular flexibility index (Phi) is 4.37. The maximum absolute atomic E-state index is 13.2. The third kappa shape index (κ3) is 3.04. The van der Waals surface area contributed by atoms with Crippen molar-refractivity contribution in [2.75, 3.05) is 6.54 Å². The van der Waals surface area contributed by atoms with Crippen LogP contribution in [0.5, 0.6) is 0 Å². The topological polar surface area (TPSA) is 110 Å². The molecule has 1 saturated carbocycles. The maximum Gasteiger partial charge on any atom is 0.282 e. The van der Waals surface area contributed by atoms with Gasteiger partial charge in [0, 0.05) is 6.07 Å². The molecule has 1 aliphatic carbocycles. The molecule has 1 heterocycles. The number of imide groups is 1. The van der Waals surface area contributed by atoms with Gasteiger partial charge in [-0.2, -0.15) is 0 Å². The van der Waals surface area contributed by atoms with Crippen LogP contribution in [0.1, 0.15) is 45.5 Å². The minimum Gasteiger partial charge on any atom is -0.345 e. The van der Waals surface area contributed by atoms with Gasteiger partial charge in [-0.15, -0.1) is 0 Å². The Hall–Kier alpha value is -3.62. The number of nitro groups is 1. The predicted molar refractivity (Wildman–Crippen MR) is 98.5 cm³/mol. The van der Waals surface area contributed by atoms with Gasteiger partial charge in [-0.25, -0.2) is 4.39 Å². The van der Waals surface area contributed by atoms with Crippen LogP contribution in [-0.4, -0.2) is 34.1 Å². The number of carbonyl (C=O) groups is 3. The van der Waals surface area contributed by atoms with Crippen molar-refractivity contribution in [3.05, 3.63) is 75.1 Å². The van der Waals surface area contributed by atoms with Crippen LogP contribution in [0.4, 0.5) is 10.1 Å². The van der Waals surface area contributed by atoms with Crippen LogP contribution >= 0.6 is 0 Å². The van der Waals surface area contributed by atoms with Crippen LogP contribution in [0.15, 0.2) is 42.5 Å². The van der Waals surface area contributed by atoms with Crippen molar-refractivity contribution in [2.45, 2.75) is 24.8 Å². The Morgan fingerprint density at radius 3 is 2.41 bits per heavy atom. The number of halogens is 1. The fourth-order valence-corrected chi connectivity index (χ4v) is 3.85. The molecule has 1 fully saturated rings. The maximum atomic E-state index is 13.2. The second kappa shape index (κ2) is 6.77. The molecule has 8 nitrogen and oxygen atoms in total. The predicted octanol–water partition coefficient (Wildman–Crippen LogP) is 2.53. The zero-order chi connectivity index (χ0) is 20.8. The number of fused-ring (bicyclic) bond motifs is 1. The van der Waals surface area contributed by atoms with E-state index in [0.29, 0.717) is 17.7 Å². The molecule has 148 valence electrons. The molecule has 9 heteroatoms. The standard InChI is InChI=1S/C20H16FN3O5/c21-13-7-5-12(6-8-13)20(9-2-10-20)22-16(25)11-23-18(26)14-3-1-4-15(24(28)29)17(14)19(23)27/h1,3-8H,2,9-11H2,(H,22,25). The van der Waals surface area contributed by atoms with Crippen LogP contribution < -0.4 is 5.32 Å². The third-order valence-electron chi connectivity index (χ3n) is 5.46. The van der Waals surface area contributed by atoms with E-state index in [9.17, 15) is 28.9 Å². The average Bonchev–Trinajstić information content (AvgIpc) is 2.90. The van der Waals surface area contributed by atoms with Crippen LogP contribution in [0.2, 0.25) is 0 Å². The lowest BCUT2D eigenvalue weighted by atomic mass is 9.71. The zero-order valence-electron chi connectivity index (χ0n) is 15.2. The first kappa shape index (κ1) is 18.7. The van der Waals surface area contributed by atoms with Gasteiger partial charge in [0.2, 0.25) is 5.91 Å². The molecule has 0 aromatic heterocycles. The van der Waals surface area contributed by atoms with E-state index in [1.807, 2.05) is 0 Å². The second-order valence-electron chi connectivity index (χ2n) is 7.14. The number of nitro benzene ring substituents is 1. The second-order valence-corrected chi connectivity index (χ2v) is 7.14. The average molecular weight is 397 g/mol. The number of carbonyl (C=O) groups excluding carboxylic acids is 3. The lowest BCUT2D eigenvalue weighted by Crippen LogP contribution is -2.53. The number of benzene rings is 2. The van der Waals surface area contributed by atoms with Gasteiger partial charge in [-0.3, -0.25) is 29.4 Å². The van der Waals surface area contributed by atoms with E-state index in [4.69, 9.17) is 0 Å². The van der Waals surface area contributed by atoms with E-state index in [1.165, 1.54) is 24.3 Å². The summed E-state index contributed by atoms with van der Waals surface area (Å²) in [7, 11) is 0. The number of nitrogens with zero attached hydrogens (tertiary/aromatic N) is 2. The molecule has 1 aliphatic heterocycles. The molecule has 0 spiro atoms. The Labute approximate surface area is 164 Å². The quantitative estimate of drug-likeness (QED) is 0.474. The molecule has 0 bridgehead atoms. The molecule has 0 unspecified atom stereocenters. The summed E-state index contributed by atoms with van der Waals surface area (Å²) in [6.45, 7) is -0.549. The van der Waals surface area contributed by atoms with Crippen molar-refractivity contribution in [2.24, 2.45) is 0 Å². The molecule has 1 N–H and O–H groups in total. The van der Waals surface area contributed by atoms with Crippen molar-refractivity contribution >= 4 is 23.4 Å². The van der Waals surface area contributed by atoms with E-state index in [1.54, 1.807) is 12.1 Å². The van der Waals surface area contributed by atoms with E-state index < -0.39 is 40.4 Å². The summed E-state index contributed by atoms with van der Waals surface area (Å²) in [5, 5.41) is 14.0. The smallest absolute Gasteiger partial charge is 0.282 e. The Morgan fingerprint density at radius 2 is 1.83 bits per heavy atom. The fourth-order valence-electron chi connectivity index (χ4n) is 3.85. The van der Waals surface area contributed by atoms with Crippen molar-refractivity contribution < 1.29 is 23.7 Å². The molecule has 0 radical (unpaired) electrons. The Morgan fingerprint density at radius 1 is 1.14 bits per heavy atom. The number of hydrogen-bond acceptors (Lipinski definition) is 5. The van der Waals surface area contributed by atoms with Crippen LogP contribution in [0, 0.1) is 15.9 Å². The molecular weight excluding hydrogens is 381 g/mol. The highest BCUT2D eigenvalue weighted by Crippen LogP contribution is 2.41.